The first kappa shape index (κ1) is 15.3. The average Bonchev–Trinajstić information content (AvgIpc) is 2.73. The van der Waals surface area contributed by atoms with E-state index in [4.69, 9.17) is 4.74 Å². The van der Waals surface area contributed by atoms with E-state index in [2.05, 4.69) is 21.0 Å². The molecule has 1 saturated heterocycles. The number of piperidine rings is 1. The molecule has 1 aromatic rings. The van der Waals surface area contributed by atoms with Crippen LogP contribution < -0.4 is 0 Å². The zero-order valence-electron chi connectivity index (χ0n) is 11.9. The fourth-order valence-electron chi connectivity index (χ4n) is 2.22. The molecule has 1 aromatic heterocycles. The minimum atomic E-state index is -0.650. The molecule has 2 rings (SSSR count). The van der Waals surface area contributed by atoms with Crippen molar-refractivity contribution in [1.29, 1.82) is 0 Å². The number of aliphatic hydroxyl groups is 1. The van der Waals surface area contributed by atoms with Gasteiger partial charge in [-0.15, -0.1) is 0 Å². The first-order valence-corrected chi connectivity index (χ1v) is 7.41. The second-order valence-electron chi connectivity index (χ2n) is 5.99. The highest BCUT2D eigenvalue weighted by Crippen LogP contribution is 2.25. The lowest BCUT2D eigenvalue weighted by atomic mass is 10.0. The minimum absolute atomic E-state index is 0.111. The summed E-state index contributed by atoms with van der Waals surface area (Å²) in [5, 5.41) is 14.4. The van der Waals surface area contributed by atoms with Crippen LogP contribution in [0.3, 0.4) is 0 Å². The Hall–Kier alpha value is -1.08. The van der Waals surface area contributed by atoms with E-state index in [1.807, 2.05) is 27.0 Å². The quantitative estimate of drug-likeness (QED) is 0.847. The van der Waals surface area contributed by atoms with Crippen molar-refractivity contribution in [2.75, 3.05) is 13.1 Å². The Bertz CT molecular complexity index is 483. The highest BCUT2D eigenvalue weighted by molar-refractivity contribution is 9.10. The molecule has 2 atom stereocenters. The molecule has 1 aliphatic rings. The number of rotatable bonds is 1. The van der Waals surface area contributed by atoms with Gasteiger partial charge >= 0.3 is 6.09 Å². The Morgan fingerprint density at radius 3 is 2.75 bits per heavy atom. The van der Waals surface area contributed by atoms with Crippen LogP contribution in [0.1, 0.15) is 33.2 Å². The first-order chi connectivity index (χ1) is 9.26. The van der Waals surface area contributed by atoms with Crippen molar-refractivity contribution < 1.29 is 14.6 Å². The van der Waals surface area contributed by atoms with Crippen molar-refractivity contribution in [3.05, 3.63) is 16.9 Å². The topological polar surface area (TPSA) is 67.6 Å². The lowest BCUT2D eigenvalue weighted by Gasteiger charge is -2.36. The SMILES string of the molecule is CC(C)(C)OC(=O)N1CC[C@H](n2cc(Br)cn2)[C@@H](O)C1. The van der Waals surface area contributed by atoms with Crippen LogP contribution in [0, 0.1) is 0 Å². The van der Waals surface area contributed by atoms with Crippen LogP contribution in [-0.2, 0) is 4.74 Å². The van der Waals surface area contributed by atoms with Gasteiger partial charge in [0, 0.05) is 12.7 Å². The van der Waals surface area contributed by atoms with Crippen LogP contribution in [0.25, 0.3) is 0 Å². The Morgan fingerprint density at radius 2 is 2.25 bits per heavy atom. The highest BCUT2D eigenvalue weighted by atomic mass is 79.9. The summed E-state index contributed by atoms with van der Waals surface area (Å²) in [5.74, 6) is 0. The van der Waals surface area contributed by atoms with Gasteiger partial charge in [0.1, 0.15) is 5.60 Å². The lowest BCUT2D eigenvalue weighted by Crippen LogP contribution is -2.48. The van der Waals surface area contributed by atoms with E-state index in [-0.39, 0.29) is 18.7 Å². The lowest BCUT2D eigenvalue weighted by molar-refractivity contribution is -0.0118. The van der Waals surface area contributed by atoms with E-state index >= 15 is 0 Å². The number of hydrogen-bond donors (Lipinski definition) is 1. The van der Waals surface area contributed by atoms with Crippen LogP contribution in [0.15, 0.2) is 16.9 Å². The summed E-state index contributed by atoms with van der Waals surface area (Å²) in [6.07, 6.45) is 3.14. The molecular weight excluding hydrogens is 326 g/mol. The smallest absolute Gasteiger partial charge is 0.410 e. The number of aliphatic hydroxyl groups excluding tert-OH is 1. The van der Waals surface area contributed by atoms with Crippen molar-refractivity contribution in [3.63, 3.8) is 0 Å². The molecule has 1 aliphatic heterocycles. The largest absolute Gasteiger partial charge is 0.444 e. The van der Waals surface area contributed by atoms with Gasteiger partial charge in [-0.3, -0.25) is 4.68 Å². The van der Waals surface area contributed by atoms with Crippen molar-refractivity contribution in [3.8, 4) is 0 Å². The van der Waals surface area contributed by atoms with Crippen molar-refractivity contribution in [2.45, 2.75) is 44.9 Å². The Kier molecular flexibility index (Phi) is 4.39. The van der Waals surface area contributed by atoms with E-state index in [1.54, 1.807) is 15.8 Å². The number of carbonyl (C=O) groups excluding carboxylic acids is 1. The number of halogens is 1. The molecule has 0 spiro atoms. The maximum atomic E-state index is 12.0. The van der Waals surface area contributed by atoms with Crippen LogP contribution in [0.4, 0.5) is 4.79 Å². The van der Waals surface area contributed by atoms with Crippen molar-refractivity contribution >= 4 is 22.0 Å². The summed E-state index contributed by atoms with van der Waals surface area (Å²) < 4.78 is 7.93. The van der Waals surface area contributed by atoms with Crippen LogP contribution in [-0.4, -0.2) is 50.7 Å². The summed E-state index contributed by atoms with van der Waals surface area (Å²) in [7, 11) is 0. The number of nitrogens with zero attached hydrogens (tertiary/aromatic N) is 3. The van der Waals surface area contributed by atoms with E-state index in [1.165, 1.54) is 0 Å². The molecule has 0 radical (unpaired) electrons. The molecule has 1 amide bonds. The van der Waals surface area contributed by atoms with Gasteiger partial charge in [-0.05, 0) is 43.1 Å². The third-order valence-electron chi connectivity index (χ3n) is 3.11. The van der Waals surface area contributed by atoms with Crippen LogP contribution in [0.5, 0.6) is 0 Å². The second kappa shape index (κ2) is 5.73. The number of amides is 1. The number of β-amino-alcohol motifs (C(OH)–C–C–N with tert-alkyl or cyclic N) is 1. The molecular formula is C13H20BrN3O3. The molecule has 0 aliphatic carbocycles. The zero-order valence-corrected chi connectivity index (χ0v) is 13.5. The molecule has 0 bridgehead atoms. The summed E-state index contributed by atoms with van der Waals surface area (Å²) >= 11 is 3.34. The Labute approximate surface area is 126 Å². The monoisotopic (exact) mass is 345 g/mol. The zero-order chi connectivity index (χ0) is 14.9. The first-order valence-electron chi connectivity index (χ1n) is 6.62. The molecule has 2 heterocycles. The summed E-state index contributed by atoms with van der Waals surface area (Å²) in [4.78, 5) is 13.5. The summed E-state index contributed by atoms with van der Waals surface area (Å²) in [6.45, 7) is 6.30. The summed E-state index contributed by atoms with van der Waals surface area (Å²) in [6, 6.07) is -0.111. The predicted molar refractivity (Wildman–Crippen MR) is 77.4 cm³/mol. The van der Waals surface area contributed by atoms with Crippen molar-refractivity contribution in [1.82, 2.24) is 14.7 Å². The Morgan fingerprint density at radius 1 is 1.55 bits per heavy atom. The Balaban J connectivity index is 1.97. The maximum absolute atomic E-state index is 12.0. The molecule has 7 heteroatoms. The van der Waals surface area contributed by atoms with E-state index < -0.39 is 11.7 Å². The van der Waals surface area contributed by atoms with Gasteiger partial charge in [0.05, 0.1) is 29.4 Å². The molecule has 1 fully saturated rings. The molecule has 0 unspecified atom stereocenters. The van der Waals surface area contributed by atoms with E-state index in [0.717, 1.165) is 4.47 Å². The minimum Gasteiger partial charge on any atom is -0.444 e. The third-order valence-corrected chi connectivity index (χ3v) is 3.52. The molecule has 0 aromatic carbocycles. The highest BCUT2D eigenvalue weighted by Gasteiger charge is 2.33. The average molecular weight is 346 g/mol. The van der Waals surface area contributed by atoms with E-state index in [0.29, 0.717) is 13.0 Å². The number of hydrogen-bond acceptors (Lipinski definition) is 4. The van der Waals surface area contributed by atoms with Crippen molar-refractivity contribution in [2.24, 2.45) is 0 Å². The fourth-order valence-corrected chi connectivity index (χ4v) is 2.52. The second-order valence-corrected chi connectivity index (χ2v) is 6.90. The molecule has 1 N–H and O–H groups in total. The third kappa shape index (κ3) is 3.73. The van der Waals surface area contributed by atoms with Gasteiger partial charge in [0.25, 0.3) is 0 Å². The standard InChI is InChI=1S/C13H20BrN3O3/c1-13(2,3)20-12(19)16-5-4-10(11(18)8-16)17-7-9(14)6-15-17/h6-7,10-11,18H,4-5,8H2,1-3H3/t10-,11-/m0/s1. The fraction of sp³-hybridized carbons (Fsp3) is 0.692. The maximum Gasteiger partial charge on any atom is 0.410 e. The molecule has 0 saturated carbocycles. The predicted octanol–water partition coefficient (Wildman–Crippen LogP) is 2.19. The van der Waals surface area contributed by atoms with Gasteiger partial charge in [0.2, 0.25) is 0 Å². The van der Waals surface area contributed by atoms with E-state index in [9.17, 15) is 9.90 Å². The number of ether oxygens (including phenoxy) is 1. The van der Waals surface area contributed by atoms with Crippen LogP contribution >= 0.6 is 15.9 Å². The molecule has 112 valence electrons. The van der Waals surface area contributed by atoms with Gasteiger partial charge in [0.15, 0.2) is 0 Å². The van der Waals surface area contributed by atoms with Gasteiger partial charge in [-0.2, -0.15) is 5.10 Å². The van der Waals surface area contributed by atoms with Gasteiger partial charge in [-0.25, -0.2) is 4.79 Å². The normalized spacial score (nSPS) is 23.8. The summed E-state index contributed by atoms with van der Waals surface area (Å²) in [5.41, 5.74) is -0.522. The van der Waals surface area contributed by atoms with Gasteiger partial charge in [-0.1, -0.05) is 0 Å². The number of aromatic nitrogens is 2. The molecule has 20 heavy (non-hydrogen) atoms. The number of carbonyl (C=O) groups is 1. The van der Waals surface area contributed by atoms with Crippen LogP contribution in [0.2, 0.25) is 0 Å². The molecule has 6 nitrogen and oxygen atoms in total. The number of likely N-dealkylation sites (tertiary alicyclic amines) is 1. The van der Waals surface area contributed by atoms with Gasteiger partial charge < -0.3 is 14.7 Å².